The van der Waals surface area contributed by atoms with Crippen LogP contribution in [0.4, 0.5) is 0 Å². The molecule has 4 atom stereocenters. The van der Waals surface area contributed by atoms with Crippen LogP contribution in [0.15, 0.2) is 0 Å². The van der Waals surface area contributed by atoms with Crippen LogP contribution in [-0.2, 0) is 0 Å². The lowest BCUT2D eigenvalue weighted by Gasteiger charge is -2.44. The van der Waals surface area contributed by atoms with E-state index < -0.39 is 45.0 Å². The Labute approximate surface area is 81.2 Å². The van der Waals surface area contributed by atoms with Crippen LogP contribution in [0, 0.1) is 0 Å². The summed E-state index contributed by atoms with van der Waals surface area (Å²) in [5, 5.41) is 29.7. The lowest BCUT2D eigenvalue weighted by molar-refractivity contribution is -0.427. The predicted octanol–water partition coefficient (Wildman–Crippen LogP) is -5.12. The van der Waals surface area contributed by atoms with E-state index in [1.807, 2.05) is 0 Å². The molecular weight excluding hydrogens is 213 g/mol. The molecule has 84 valence electrons. The predicted molar refractivity (Wildman–Crippen MR) is 41.6 cm³/mol. The summed E-state index contributed by atoms with van der Waals surface area (Å²) in [4.78, 5) is 31.2. The summed E-state index contributed by atoms with van der Waals surface area (Å²) in [6.45, 7) is -0.434. The van der Waals surface area contributed by atoms with Gasteiger partial charge in [0.05, 0.1) is 31.0 Å². The minimum atomic E-state index is -4.73. The fraction of sp³-hybridized carbons (Fsp3) is 1.00. The van der Waals surface area contributed by atoms with E-state index in [1.54, 1.807) is 0 Å². The van der Waals surface area contributed by atoms with E-state index in [4.69, 9.17) is 5.11 Å². The topological polar surface area (TPSA) is 142 Å². The third kappa shape index (κ3) is 2.82. The molecule has 8 heteroatoms. The van der Waals surface area contributed by atoms with E-state index in [-0.39, 0.29) is 0 Å². The summed E-state index contributed by atoms with van der Waals surface area (Å²) in [5.74, 6) is 0. The van der Waals surface area contributed by atoms with E-state index in [1.165, 1.54) is 0 Å². The van der Waals surface area contributed by atoms with E-state index >= 15 is 0 Å². The molecule has 1 rings (SSSR count). The molecule has 0 saturated carbocycles. The fourth-order valence-corrected chi connectivity index (χ4v) is 2.31. The van der Waals surface area contributed by atoms with Crippen LogP contribution in [0.5, 0.6) is 0 Å². The summed E-state index contributed by atoms with van der Waals surface area (Å²) in [6, 6.07) is -1.80. The van der Waals surface area contributed by atoms with Gasteiger partial charge in [-0.05, 0) is 0 Å². The zero-order valence-corrected chi connectivity index (χ0v) is 8.13. The van der Waals surface area contributed by atoms with Crippen molar-refractivity contribution in [3.8, 4) is 0 Å². The van der Waals surface area contributed by atoms with Crippen LogP contribution in [0.25, 0.3) is 0 Å². The minimum absolute atomic E-state index is 0.434. The Bertz CT molecular complexity index is 197. The zero-order valence-electron chi connectivity index (χ0n) is 7.24. The summed E-state index contributed by atoms with van der Waals surface area (Å²) in [7, 11) is -4.73. The van der Waals surface area contributed by atoms with Crippen molar-refractivity contribution in [1.29, 1.82) is 0 Å². The molecule has 1 heterocycles. The molecule has 14 heavy (non-hydrogen) atoms. The molecule has 7 nitrogen and oxygen atoms in total. The van der Waals surface area contributed by atoms with E-state index in [9.17, 15) is 24.9 Å². The normalized spacial score (nSPS) is 39.0. The maximum Gasteiger partial charge on any atom is 0.100 e. The van der Waals surface area contributed by atoms with Crippen molar-refractivity contribution in [3.05, 3.63) is 0 Å². The minimum Gasteiger partial charge on any atom is -0.688 e. The quantitative estimate of drug-likeness (QED) is 0.352. The first-order chi connectivity index (χ1) is 6.35. The van der Waals surface area contributed by atoms with Gasteiger partial charge in [-0.15, -0.1) is 0 Å². The second kappa shape index (κ2) is 4.34. The highest BCUT2D eigenvalue weighted by molar-refractivity contribution is 7.54. The highest BCUT2D eigenvalue weighted by Crippen LogP contribution is 2.31. The van der Waals surface area contributed by atoms with Crippen LogP contribution < -0.4 is 20.0 Å². The van der Waals surface area contributed by atoms with E-state index in [0.29, 0.717) is 0 Å². The van der Waals surface area contributed by atoms with Gasteiger partial charge >= 0.3 is 0 Å². The van der Waals surface area contributed by atoms with Crippen LogP contribution in [0.3, 0.4) is 0 Å². The molecule has 0 spiro atoms. The second-order valence-corrected chi connectivity index (χ2v) is 4.92. The van der Waals surface area contributed by atoms with Crippen LogP contribution in [-0.4, -0.2) is 52.4 Å². The van der Waals surface area contributed by atoms with Gasteiger partial charge in [0.1, 0.15) is 6.10 Å². The van der Waals surface area contributed by atoms with Gasteiger partial charge in [-0.1, -0.05) is 0 Å². The zero-order chi connectivity index (χ0) is 10.9. The molecule has 0 aromatic carbocycles. The third-order valence-electron chi connectivity index (χ3n) is 2.22. The summed E-state index contributed by atoms with van der Waals surface area (Å²) < 4.78 is 0. The molecule has 0 aromatic rings. The Morgan fingerprint density at radius 2 is 1.57 bits per heavy atom. The van der Waals surface area contributed by atoms with Gasteiger partial charge in [0.15, 0.2) is 0 Å². The van der Waals surface area contributed by atoms with Gasteiger partial charge in [0.25, 0.3) is 0 Å². The molecule has 0 bridgehead atoms. The van der Waals surface area contributed by atoms with Crippen LogP contribution in [0.1, 0.15) is 0 Å². The molecule has 0 amide bonds. The molecule has 0 radical (unpaired) electrons. The SMILES string of the molecule is [O-][P+]([O-])([O-])C[C@H]1N[C@H](CO)[C@@H](O)[C@@H]1O. The molecule has 0 unspecified atom stereocenters. The van der Waals surface area contributed by atoms with Gasteiger partial charge in [-0.3, -0.25) is 0 Å². The number of hydrogen-bond acceptors (Lipinski definition) is 7. The number of aliphatic hydroxyl groups is 3. The van der Waals surface area contributed by atoms with Gasteiger partial charge in [0, 0.05) is 0 Å². The number of aliphatic hydroxyl groups excluding tert-OH is 3. The maximum atomic E-state index is 10.4. The second-order valence-electron chi connectivity index (χ2n) is 3.34. The molecule has 1 aliphatic heterocycles. The fourth-order valence-electron chi connectivity index (χ4n) is 1.51. The number of hydrogen-bond donors (Lipinski definition) is 4. The Kier molecular flexibility index (Phi) is 3.79. The van der Waals surface area contributed by atoms with E-state index in [2.05, 4.69) is 5.32 Å². The monoisotopic (exact) mass is 225 g/mol. The van der Waals surface area contributed by atoms with Crippen molar-refractivity contribution in [1.82, 2.24) is 5.32 Å². The van der Waals surface area contributed by atoms with Gasteiger partial charge in [0.2, 0.25) is 0 Å². The molecule has 0 aromatic heterocycles. The molecule has 0 aliphatic carbocycles. The average Bonchev–Trinajstić information content (AvgIpc) is 2.30. The summed E-state index contributed by atoms with van der Waals surface area (Å²) in [6.07, 6.45) is -3.37. The summed E-state index contributed by atoms with van der Waals surface area (Å²) in [5.41, 5.74) is 0. The standard InChI is InChI=1S/C6H14NO6P/c8-1-3-5(9)6(10)4(7-3)2-14(11,12)13/h3-10H,1-2H2,(H2,11,12,13)/p-2/t3-,4-,5-,6-/m1/s1. The average molecular weight is 225 g/mol. The Hall–Kier alpha value is 0.150. The van der Waals surface area contributed by atoms with Crippen molar-refractivity contribution in [3.63, 3.8) is 0 Å². The van der Waals surface area contributed by atoms with Crippen molar-refractivity contribution in [2.45, 2.75) is 24.3 Å². The number of nitrogens with one attached hydrogen (secondary N) is 1. The van der Waals surface area contributed by atoms with Gasteiger partial charge in [-0.2, -0.15) is 7.94 Å². The molecule has 1 saturated heterocycles. The lowest BCUT2D eigenvalue weighted by Crippen LogP contribution is -2.46. The molecule has 1 aliphatic rings. The van der Waals surface area contributed by atoms with E-state index in [0.717, 1.165) is 0 Å². The van der Waals surface area contributed by atoms with Crippen LogP contribution in [0.2, 0.25) is 0 Å². The number of rotatable bonds is 3. The molecule has 1 fully saturated rings. The lowest BCUT2D eigenvalue weighted by atomic mass is 10.1. The molecule has 4 N–H and O–H groups in total. The third-order valence-corrected chi connectivity index (χ3v) is 3.06. The van der Waals surface area contributed by atoms with Crippen molar-refractivity contribution >= 4 is 7.94 Å². The highest BCUT2D eigenvalue weighted by Gasteiger charge is 2.41. The first-order valence-electron chi connectivity index (χ1n) is 4.09. The largest absolute Gasteiger partial charge is 0.688 e. The van der Waals surface area contributed by atoms with Crippen molar-refractivity contribution in [2.75, 3.05) is 12.8 Å². The van der Waals surface area contributed by atoms with Crippen LogP contribution >= 0.6 is 7.94 Å². The Morgan fingerprint density at radius 1 is 1.07 bits per heavy atom. The highest BCUT2D eigenvalue weighted by atomic mass is 31.2. The molecular formula is C6H12NO6P-2. The Morgan fingerprint density at radius 3 is 1.93 bits per heavy atom. The van der Waals surface area contributed by atoms with Gasteiger partial charge < -0.3 is 35.3 Å². The first kappa shape index (κ1) is 12.2. The first-order valence-corrected chi connectivity index (χ1v) is 5.82. The maximum absolute atomic E-state index is 10.4. The van der Waals surface area contributed by atoms with Crippen molar-refractivity contribution in [2.24, 2.45) is 0 Å². The van der Waals surface area contributed by atoms with Gasteiger partial charge in [-0.25, -0.2) is 0 Å². The van der Waals surface area contributed by atoms with Crippen molar-refractivity contribution < 1.29 is 30.0 Å². The smallest absolute Gasteiger partial charge is 0.100 e. The summed E-state index contributed by atoms with van der Waals surface area (Å²) >= 11 is 0. The Balaban J connectivity index is 2.57.